The predicted octanol–water partition coefficient (Wildman–Crippen LogP) is 5.30. The number of ether oxygens (including phenoxy) is 1. The first kappa shape index (κ1) is 35.6. The minimum absolute atomic E-state index is 0.0418. The van der Waals surface area contributed by atoms with Crippen LogP contribution in [0.4, 0.5) is 0 Å². The first-order valence-electron chi connectivity index (χ1n) is 12.6. The molecule has 9 heteroatoms. The second-order valence-electron chi connectivity index (χ2n) is 10.0. The monoisotopic (exact) mass is 562 g/mol. The largest absolute Gasteiger partial charge is 0.490 e. The number of hydrogen-bond donors (Lipinski definition) is 4. The Labute approximate surface area is 237 Å². The topological polar surface area (TPSA) is 125 Å². The van der Waals surface area contributed by atoms with E-state index >= 15 is 0 Å². The highest BCUT2D eigenvalue weighted by Gasteiger charge is 2.31. The molecule has 216 valence electrons. The maximum Gasteiger partial charge on any atom is 0.371 e. The van der Waals surface area contributed by atoms with Gasteiger partial charge in [-0.25, -0.2) is 4.79 Å². The molecule has 0 aromatic carbocycles. The minimum atomic E-state index is -1.13. The summed E-state index contributed by atoms with van der Waals surface area (Å²) in [4.78, 5) is 36.1. The summed E-state index contributed by atoms with van der Waals surface area (Å²) in [5, 5.41) is 24.9. The van der Waals surface area contributed by atoms with Gasteiger partial charge in [-0.05, 0) is 50.3 Å². The van der Waals surface area contributed by atoms with Gasteiger partial charge in [0, 0.05) is 11.1 Å². The SMILES string of the molecule is CO/C(=C/C=C/C(C)/C=C(C)/C=C\C=C/C(=O)NC(C(=O)N/C=C\CC(O)C/C=C(\C)Cl)C(C)(C)C)C(=O)O. The van der Waals surface area contributed by atoms with Crippen molar-refractivity contribution in [1.29, 1.82) is 0 Å². The van der Waals surface area contributed by atoms with Crippen LogP contribution < -0.4 is 10.6 Å². The number of amides is 2. The zero-order chi connectivity index (χ0) is 30.0. The number of hydrogen-bond acceptors (Lipinski definition) is 5. The van der Waals surface area contributed by atoms with Gasteiger partial charge in [-0.2, -0.15) is 0 Å². The number of allylic oxidation sites excluding steroid dienone is 9. The number of halogens is 1. The molecule has 0 saturated heterocycles. The summed E-state index contributed by atoms with van der Waals surface area (Å²) < 4.78 is 4.76. The van der Waals surface area contributed by atoms with Crippen molar-refractivity contribution in [3.63, 3.8) is 0 Å². The van der Waals surface area contributed by atoms with E-state index in [-0.39, 0.29) is 17.6 Å². The van der Waals surface area contributed by atoms with Gasteiger partial charge in [0.05, 0.1) is 13.2 Å². The Morgan fingerprint density at radius 1 is 1.05 bits per heavy atom. The highest BCUT2D eigenvalue weighted by molar-refractivity contribution is 6.29. The summed E-state index contributed by atoms with van der Waals surface area (Å²) in [5.74, 6) is -2.01. The van der Waals surface area contributed by atoms with E-state index in [1.54, 1.807) is 37.3 Å². The standard InChI is InChI=1S/C30H43ClN2O6/c1-21(20-22(2)13-10-15-25(39-7)29(37)38)12-8-9-16-26(35)33-27(30(4,5)6)28(36)32-19-11-14-24(34)18-17-23(3)31/h8-13,15-17,19-20,22,24,27,34H,14,18H2,1-7H3,(H,32,36)(H,33,35)(H,37,38)/b12-8-,13-10+,16-9-,19-11-,21-20+,23-17+,25-15+. The fraction of sp³-hybridized carbons (Fsp3) is 0.433. The van der Waals surface area contributed by atoms with E-state index in [0.29, 0.717) is 17.9 Å². The first-order chi connectivity index (χ1) is 18.2. The smallest absolute Gasteiger partial charge is 0.371 e. The Morgan fingerprint density at radius 3 is 2.26 bits per heavy atom. The van der Waals surface area contributed by atoms with Gasteiger partial charge in [0.1, 0.15) is 6.04 Å². The second-order valence-corrected chi connectivity index (χ2v) is 10.6. The van der Waals surface area contributed by atoms with Gasteiger partial charge in [-0.1, -0.05) is 93.5 Å². The van der Waals surface area contributed by atoms with Crippen molar-refractivity contribution in [1.82, 2.24) is 10.6 Å². The van der Waals surface area contributed by atoms with Crippen LogP contribution in [0.2, 0.25) is 0 Å². The molecule has 3 unspecified atom stereocenters. The van der Waals surface area contributed by atoms with Gasteiger partial charge in [0.15, 0.2) is 0 Å². The fourth-order valence-electron chi connectivity index (χ4n) is 3.13. The number of aliphatic hydroxyl groups excluding tert-OH is 1. The molecule has 2 amide bonds. The number of carboxylic acids is 1. The number of carbonyl (C=O) groups is 3. The summed E-state index contributed by atoms with van der Waals surface area (Å²) in [6, 6.07) is -0.780. The van der Waals surface area contributed by atoms with Crippen molar-refractivity contribution in [3.8, 4) is 0 Å². The molecule has 4 N–H and O–H groups in total. The Bertz CT molecular complexity index is 1020. The van der Waals surface area contributed by atoms with Gasteiger partial charge in [-0.15, -0.1) is 0 Å². The van der Waals surface area contributed by atoms with Crippen LogP contribution in [0, 0.1) is 11.3 Å². The molecule has 3 atom stereocenters. The number of aliphatic hydroxyl groups is 1. The lowest BCUT2D eigenvalue weighted by atomic mass is 9.86. The quantitative estimate of drug-likeness (QED) is 0.122. The summed E-state index contributed by atoms with van der Waals surface area (Å²) in [6.07, 6.45) is 18.3. The van der Waals surface area contributed by atoms with Gasteiger partial charge in [-0.3, -0.25) is 9.59 Å². The van der Waals surface area contributed by atoms with Crippen LogP contribution in [0.1, 0.15) is 54.4 Å². The van der Waals surface area contributed by atoms with Gasteiger partial charge in [0.2, 0.25) is 17.6 Å². The summed E-state index contributed by atoms with van der Waals surface area (Å²) in [5.41, 5.74) is 0.413. The number of nitrogens with one attached hydrogen (secondary N) is 2. The maximum atomic E-state index is 12.7. The van der Waals surface area contributed by atoms with Crippen molar-refractivity contribution in [3.05, 3.63) is 83.3 Å². The molecule has 0 heterocycles. The molecular formula is C30H43ClN2O6. The first-order valence-corrected chi connectivity index (χ1v) is 13.0. The number of rotatable bonds is 15. The molecule has 39 heavy (non-hydrogen) atoms. The van der Waals surface area contributed by atoms with E-state index in [9.17, 15) is 19.5 Å². The minimum Gasteiger partial charge on any atom is -0.490 e. The molecule has 0 aromatic rings. The van der Waals surface area contributed by atoms with Gasteiger partial charge in [0.25, 0.3) is 0 Å². The molecule has 0 bridgehead atoms. The normalized spacial score (nSPS) is 16.2. The van der Waals surface area contributed by atoms with Crippen molar-refractivity contribution >= 4 is 29.4 Å². The molecule has 0 fully saturated rings. The lowest BCUT2D eigenvalue weighted by Crippen LogP contribution is -2.52. The van der Waals surface area contributed by atoms with Crippen LogP contribution in [0.25, 0.3) is 0 Å². The summed E-state index contributed by atoms with van der Waals surface area (Å²) in [7, 11) is 1.30. The lowest BCUT2D eigenvalue weighted by molar-refractivity contribution is -0.136. The van der Waals surface area contributed by atoms with Crippen LogP contribution in [-0.4, -0.2) is 47.3 Å². The van der Waals surface area contributed by atoms with E-state index in [4.69, 9.17) is 21.4 Å². The number of methoxy groups -OCH3 is 1. The zero-order valence-corrected chi connectivity index (χ0v) is 24.7. The average molecular weight is 563 g/mol. The Balaban J connectivity index is 4.97. The van der Waals surface area contributed by atoms with Crippen LogP contribution in [-0.2, 0) is 19.1 Å². The third kappa shape index (κ3) is 17.7. The van der Waals surface area contributed by atoms with E-state index < -0.39 is 29.4 Å². The van der Waals surface area contributed by atoms with E-state index in [1.807, 2.05) is 52.8 Å². The summed E-state index contributed by atoms with van der Waals surface area (Å²) in [6.45, 7) is 11.2. The molecule has 0 saturated carbocycles. The van der Waals surface area contributed by atoms with Crippen LogP contribution in [0.15, 0.2) is 83.3 Å². The Hall–Kier alpha value is -3.36. The van der Waals surface area contributed by atoms with Crippen molar-refractivity contribution < 1.29 is 29.3 Å². The summed E-state index contributed by atoms with van der Waals surface area (Å²) >= 11 is 5.76. The zero-order valence-electron chi connectivity index (χ0n) is 23.9. The molecule has 0 aromatic heterocycles. The Morgan fingerprint density at radius 2 is 1.69 bits per heavy atom. The third-order valence-electron chi connectivity index (χ3n) is 5.17. The molecule has 8 nitrogen and oxygen atoms in total. The molecule has 0 radical (unpaired) electrons. The average Bonchev–Trinajstić information content (AvgIpc) is 2.83. The predicted molar refractivity (Wildman–Crippen MR) is 157 cm³/mol. The number of aliphatic carboxylic acids is 1. The fourth-order valence-corrected chi connectivity index (χ4v) is 3.22. The van der Waals surface area contributed by atoms with Crippen molar-refractivity contribution in [2.45, 2.75) is 66.5 Å². The molecule has 0 aliphatic rings. The third-order valence-corrected chi connectivity index (χ3v) is 5.33. The molecule has 0 spiro atoms. The van der Waals surface area contributed by atoms with E-state index in [1.165, 1.54) is 25.5 Å². The van der Waals surface area contributed by atoms with Crippen molar-refractivity contribution in [2.24, 2.45) is 11.3 Å². The highest BCUT2D eigenvalue weighted by Crippen LogP contribution is 2.19. The second kappa shape index (κ2) is 18.8. The highest BCUT2D eigenvalue weighted by atomic mass is 35.5. The molecule has 0 aliphatic carbocycles. The lowest BCUT2D eigenvalue weighted by Gasteiger charge is -2.29. The maximum absolute atomic E-state index is 12.7. The Kier molecular flexibility index (Phi) is 17.2. The van der Waals surface area contributed by atoms with Crippen LogP contribution in [0.5, 0.6) is 0 Å². The number of carbonyl (C=O) groups excluding carboxylic acids is 2. The molecule has 0 aliphatic heterocycles. The van der Waals surface area contributed by atoms with Crippen LogP contribution >= 0.6 is 11.6 Å². The molecule has 0 rings (SSSR count). The van der Waals surface area contributed by atoms with E-state index in [0.717, 1.165) is 5.57 Å². The molecular weight excluding hydrogens is 520 g/mol. The number of carboxylic acid groups (broad SMARTS) is 1. The van der Waals surface area contributed by atoms with E-state index in [2.05, 4.69) is 10.6 Å². The van der Waals surface area contributed by atoms with Gasteiger partial charge >= 0.3 is 5.97 Å². The van der Waals surface area contributed by atoms with Gasteiger partial charge < -0.3 is 25.6 Å². The van der Waals surface area contributed by atoms with Crippen LogP contribution in [0.3, 0.4) is 0 Å². The van der Waals surface area contributed by atoms with Crippen molar-refractivity contribution in [2.75, 3.05) is 7.11 Å².